The molecule has 0 spiro atoms. The maximum absolute atomic E-state index is 12.1. The summed E-state index contributed by atoms with van der Waals surface area (Å²) in [4.78, 5) is 29.8. The second-order valence-corrected chi connectivity index (χ2v) is 6.83. The molecule has 9 heteroatoms. The predicted octanol–water partition coefficient (Wildman–Crippen LogP) is 2.47. The molecule has 0 saturated carbocycles. The first-order valence-electron chi connectivity index (χ1n) is 8.72. The van der Waals surface area contributed by atoms with Gasteiger partial charge < -0.3 is 19.5 Å². The number of carbonyl (C=O) groups is 2. The SMILES string of the molecule is CCOC(=O)N1CCC(NC(=O)CCc2nc(-c3ccsc3)no2)CC1. The summed E-state index contributed by atoms with van der Waals surface area (Å²) in [5, 5.41) is 10.8. The van der Waals surface area contributed by atoms with E-state index in [-0.39, 0.29) is 18.0 Å². The van der Waals surface area contributed by atoms with Crippen molar-refractivity contribution in [2.75, 3.05) is 19.7 Å². The van der Waals surface area contributed by atoms with Gasteiger partial charge in [0.2, 0.25) is 17.6 Å². The maximum Gasteiger partial charge on any atom is 0.409 e. The van der Waals surface area contributed by atoms with Crippen LogP contribution in [0.15, 0.2) is 21.3 Å². The van der Waals surface area contributed by atoms with Crippen molar-refractivity contribution in [2.24, 2.45) is 0 Å². The third kappa shape index (κ3) is 4.81. The van der Waals surface area contributed by atoms with Crippen LogP contribution < -0.4 is 5.32 Å². The van der Waals surface area contributed by atoms with Gasteiger partial charge in [0.25, 0.3) is 0 Å². The van der Waals surface area contributed by atoms with Gasteiger partial charge in [-0.1, -0.05) is 5.16 Å². The highest BCUT2D eigenvalue weighted by atomic mass is 32.1. The van der Waals surface area contributed by atoms with Crippen LogP contribution in [0, 0.1) is 0 Å². The Bertz CT molecular complexity index is 723. The molecule has 0 aliphatic carbocycles. The Balaban J connectivity index is 1.39. The monoisotopic (exact) mass is 378 g/mol. The molecule has 0 bridgehead atoms. The lowest BCUT2D eigenvalue weighted by Crippen LogP contribution is -2.46. The minimum Gasteiger partial charge on any atom is -0.450 e. The number of aryl methyl sites for hydroxylation is 1. The molecular weight excluding hydrogens is 356 g/mol. The van der Waals surface area contributed by atoms with Gasteiger partial charge in [-0.2, -0.15) is 16.3 Å². The van der Waals surface area contributed by atoms with Gasteiger partial charge in [0.15, 0.2) is 0 Å². The minimum atomic E-state index is -0.282. The molecule has 3 heterocycles. The van der Waals surface area contributed by atoms with Crippen LogP contribution in [0.25, 0.3) is 11.4 Å². The van der Waals surface area contributed by atoms with Gasteiger partial charge in [-0.25, -0.2) is 4.79 Å². The highest BCUT2D eigenvalue weighted by Gasteiger charge is 2.24. The number of aromatic nitrogens is 2. The molecule has 1 aliphatic rings. The Morgan fingerprint density at radius 3 is 2.92 bits per heavy atom. The molecule has 0 unspecified atom stereocenters. The van der Waals surface area contributed by atoms with E-state index in [1.54, 1.807) is 23.2 Å². The zero-order valence-corrected chi connectivity index (χ0v) is 15.5. The first-order valence-corrected chi connectivity index (χ1v) is 9.66. The number of nitrogens with zero attached hydrogens (tertiary/aromatic N) is 3. The van der Waals surface area contributed by atoms with Crippen LogP contribution in [0.5, 0.6) is 0 Å². The van der Waals surface area contributed by atoms with Crippen molar-refractivity contribution in [3.8, 4) is 11.4 Å². The molecule has 0 aromatic carbocycles. The normalized spacial score (nSPS) is 15.0. The average molecular weight is 378 g/mol. The largest absolute Gasteiger partial charge is 0.450 e. The number of thiophene rings is 1. The summed E-state index contributed by atoms with van der Waals surface area (Å²) < 4.78 is 10.2. The van der Waals surface area contributed by atoms with Crippen molar-refractivity contribution in [2.45, 2.75) is 38.6 Å². The summed E-state index contributed by atoms with van der Waals surface area (Å²) in [5.41, 5.74) is 0.919. The topological polar surface area (TPSA) is 97.6 Å². The van der Waals surface area contributed by atoms with Crippen LogP contribution in [0.1, 0.15) is 32.1 Å². The zero-order chi connectivity index (χ0) is 18.4. The number of carbonyl (C=O) groups excluding carboxylic acids is 2. The Hall–Kier alpha value is -2.42. The van der Waals surface area contributed by atoms with Crippen LogP contribution >= 0.6 is 11.3 Å². The molecule has 0 atom stereocenters. The molecule has 2 amide bonds. The summed E-state index contributed by atoms with van der Waals surface area (Å²) >= 11 is 1.57. The van der Waals surface area contributed by atoms with E-state index in [9.17, 15) is 9.59 Å². The van der Waals surface area contributed by atoms with Crippen LogP contribution in [0.4, 0.5) is 4.79 Å². The van der Waals surface area contributed by atoms with E-state index in [2.05, 4.69) is 15.5 Å². The zero-order valence-electron chi connectivity index (χ0n) is 14.6. The van der Waals surface area contributed by atoms with Crippen LogP contribution in [-0.2, 0) is 16.0 Å². The number of piperidine rings is 1. The molecular formula is C17H22N4O4S. The van der Waals surface area contributed by atoms with Gasteiger partial charge >= 0.3 is 6.09 Å². The number of hydrogen-bond donors (Lipinski definition) is 1. The van der Waals surface area contributed by atoms with Gasteiger partial charge in [0, 0.05) is 42.9 Å². The Morgan fingerprint density at radius 1 is 1.42 bits per heavy atom. The van der Waals surface area contributed by atoms with E-state index in [0.717, 1.165) is 18.4 Å². The van der Waals surface area contributed by atoms with E-state index >= 15 is 0 Å². The molecule has 2 aromatic rings. The van der Waals surface area contributed by atoms with Gasteiger partial charge in [-0.3, -0.25) is 4.79 Å². The number of rotatable bonds is 6. The van der Waals surface area contributed by atoms with Gasteiger partial charge in [-0.15, -0.1) is 0 Å². The lowest BCUT2D eigenvalue weighted by molar-refractivity contribution is -0.122. The minimum absolute atomic E-state index is 0.0464. The molecule has 8 nitrogen and oxygen atoms in total. The van der Waals surface area contributed by atoms with Crippen LogP contribution in [0.3, 0.4) is 0 Å². The lowest BCUT2D eigenvalue weighted by Gasteiger charge is -2.31. The Labute approximate surface area is 155 Å². The summed E-state index contributed by atoms with van der Waals surface area (Å²) in [7, 11) is 0. The molecule has 3 rings (SSSR count). The third-order valence-corrected chi connectivity index (χ3v) is 4.88. The molecule has 1 aliphatic heterocycles. The van der Waals surface area contributed by atoms with Crippen molar-refractivity contribution >= 4 is 23.3 Å². The molecule has 1 saturated heterocycles. The van der Waals surface area contributed by atoms with Crippen molar-refractivity contribution in [3.63, 3.8) is 0 Å². The second-order valence-electron chi connectivity index (χ2n) is 6.05. The highest BCUT2D eigenvalue weighted by Crippen LogP contribution is 2.19. The van der Waals surface area contributed by atoms with E-state index in [1.165, 1.54) is 0 Å². The number of ether oxygens (including phenoxy) is 1. The standard InChI is InChI=1S/C17H22N4O4S/c1-2-24-17(23)21-8-5-13(6-9-21)18-14(22)3-4-15-19-16(20-25-15)12-7-10-26-11-12/h7,10-11,13H,2-6,8-9H2,1H3,(H,18,22). The number of hydrogen-bond acceptors (Lipinski definition) is 7. The second kappa shape index (κ2) is 8.79. The predicted molar refractivity (Wildman–Crippen MR) is 95.7 cm³/mol. The van der Waals surface area contributed by atoms with E-state index in [1.807, 2.05) is 16.8 Å². The number of likely N-dealkylation sites (tertiary alicyclic amines) is 1. The Kier molecular flexibility index (Phi) is 6.21. The van der Waals surface area contributed by atoms with Gasteiger partial charge in [0.1, 0.15) is 0 Å². The first kappa shape index (κ1) is 18.4. The molecule has 2 aromatic heterocycles. The quantitative estimate of drug-likeness (QED) is 0.829. The van der Waals surface area contributed by atoms with Crippen molar-refractivity contribution in [1.29, 1.82) is 0 Å². The van der Waals surface area contributed by atoms with Crippen molar-refractivity contribution < 1.29 is 18.8 Å². The smallest absolute Gasteiger partial charge is 0.409 e. The van der Waals surface area contributed by atoms with E-state index in [0.29, 0.717) is 44.3 Å². The van der Waals surface area contributed by atoms with E-state index in [4.69, 9.17) is 9.26 Å². The third-order valence-electron chi connectivity index (χ3n) is 4.20. The lowest BCUT2D eigenvalue weighted by atomic mass is 10.1. The molecule has 1 N–H and O–H groups in total. The summed E-state index contributed by atoms with van der Waals surface area (Å²) in [6, 6.07) is 2.01. The van der Waals surface area contributed by atoms with Gasteiger partial charge in [0.05, 0.1) is 6.61 Å². The molecule has 0 radical (unpaired) electrons. The fraction of sp³-hybridized carbons (Fsp3) is 0.529. The first-order chi connectivity index (χ1) is 12.7. The molecule has 140 valence electrons. The Morgan fingerprint density at radius 2 is 2.23 bits per heavy atom. The van der Waals surface area contributed by atoms with Crippen LogP contribution in [-0.4, -0.2) is 52.8 Å². The average Bonchev–Trinajstić information content (AvgIpc) is 3.32. The number of amides is 2. The summed E-state index contributed by atoms with van der Waals surface area (Å²) in [6.07, 6.45) is 1.88. The molecule has 1 fully saturated rings. The highest BCUT2D eigenvalue weighted by molar-refractivity contribution is 7.08. The fourth-order valence-electron chi connectivity index (χ4n) is 2.81. The summed E-state index contributed by atoms with van der Waals surface area (Å²) in [6.45, 7) is 3.35. The fourth-order valence-corrected chi connectivity index (χ4v) is 3.44. The van der Waals surface area contributed by atoms with E-state index < -0.39 is 0 Å². The van der Waals surface area contributed by atoms with Crippen molar-refractivity contribution in [3.05, 3.63) is 22.7 Å². The number of nitrogens with one attached hydrogen (secondary N) is 1. The van der Waals surface area contributed by atoms with Gasteiger partial charge in [-0.05, 0) is 31.2 Å². The van der Waals surface area contributed by atoms with Crippen LogP contribution in [0.2, 0.25) is 0 Å². The maximum atomic E-state index is 12.1. The molecule has 26 heavy (non-hydrogen) atoms. The summed E-state index contributed by atoms with van der Waals surface area (Å²) in [5.74, 6) is 0.960. The van der Waals surface area contributed by atoms with Crippen molar-refractivity contribution in [1.82, 2.24) is 20.4 Å².